The SMILES string of the molecule is CC(N)c1nc(C2CC2)n2c(Cl)cccc12. The second kappa shape index (κ2) is 3.47. The van der Waals surface area contributed by atoms with Gasteiger partial charge in [-0.25, -0.2) is 4.98 Å². The minimum absolute atomic E-state index is 0.0547. The Morgan fingerprint density at radius 2 is 2.25 bits per heavy atom. The molecule has 2 aromatic heterocycles. The fraction of sp³-hybridized carbons (Fsp3) is 0.417. The lowest BCUT2D eigenvalue weighted by Gasteiger charge is -2.03. The van der Waals surface area contributed by atoms with Gasteiger partial charge in [0, 0.05) is 12.0 Å². The molecule has 2 heterocycles. The molecule has 0 amide bonds. The summed E-state index contributed by atoms with van der Waals surface area (Å²) >= 11 is 6.23. The lowest BCUT2D eigenvalue weighted by molar-refractivity contribution is 0.786. The van der Waals surface area contributed by atoms with Gasteiger partial charge in [-0.3, -0.25) is 4.40 Å². The number of aromatic nitrogens is 2. The monoisotopic (exact) mass is 235 g/mol. The van der Waals surface area contributed by atoms with Crippen LogP contribution in [0.25, 0.3) is 5.52 Å². The van der Waals surface area contributed by atoms with Gasteiger partial charge in [0.2, 0.25) is 0 Å². The molecule has 1 atom stereocenters. The van der Waals surface area contributed by atoms with Crippen molar-refractivity contribution in [2.24, 2.45) is 5.73 Å². The first kappa shape index (κ1) is 10.1. The molecule has 2 N–H and O–H groups in total. The van der Waals surface area contributed by atoms with E-state index in [1.807, 2.05) is 29.5 Å². The van der Waals surface area contributed by atoms with Crippen LogP contribution in [-0.4, -0.2) is 9.38 Å². The summed E-state index contributed by atoms with van der Waals surface area (Å²) < 4.78 is 2.04. The van der Waals surface area contributed by atoms with Crippen molar-refractivity contribution >= 4 is 17.1 Å². The molecule has 4 heteroatoms. The zero-order chi connectivity index (χ0) is 11.3. The highest BCUT2D eigenvalue weighted by Crippen LogP contribution is 2.41. The normalized spacial score (nSPS) is 17.9. The second-order valence-electron chi connectivity index (χ2n) is 4.49. The van der Waals surface area contributed by atoms with Crippen LogP contribution in [0.5, 0.6) is 0 Å². The number of hydrogen-bond donors (Lipinski definition) is 1. The molecule has 16 heavy (non-hydrogen) atoms. The lowest BCUT2D eigenvalue weighted by atomic mass is 10.2. The molecule has 84 valence electrons. The average molecular weight is 236 g/mol. The predicted molar refractivity (Wildman–Crippen MR) is 64.8 cm³/mol. The van der Waals surface area contributed by atoms with Gasteiger partial charge in [0.15, 0.2) is 0 Å². The maximum Gasteiger partial charge on any atom is 0.117 e. The maximum atomic E-state index is 6.23. The van der Waals surface area contributed by atoms with Crippen LogP contribution in [0.2, 0.25) is 5.15 Å². The van der Waals surface area contributed by atoms with E-state index in [2.05, 4.69) is 4.98 Å². The summed E-state index contributed by atoms with van der Waals surface area (Å²) in [5, 5.41) is 0.721. The van der Waals surface area contributed by atoms with Gasteiger partial charge in [-0.1, -0.05) is 17.7 Å². The number of rotatable bonds is 2. The first-order valence-corrected chi connectivity index (χ1v) is 5.98. The average Bonchev–Trinajstić information content (AvgIpc) is 2.99. The molecule has 1 aliphatic rings. The fourth-order valence-electron chi connectivity index (χ4n) is 2.10. The molecular formula is C12H14ClN3. The van der Waals surface area contributed by atoms with Gasteiger partial charge in [0.25, 0.3) is 0 Å². The van der Waals surface area contributed by atoms with E-state index >= 15 is 0 Å². The van der Waals surface area contributed by atoms with Gasteiger partial charge in [-0.2, -0.15) is 0 Å². The number of fused-ring (bicyclic) bond motifs is 1. The zero-order valence-electron chi connectivity index (χ0n) is 9.15. The maximum absolute atomic E-state index is 6.23. The number of pyridine rings is 1. The molecule has 1 unspecified atom stereocenters. The Labute approximate surface area is 99.2 Å². The molecule has 3 nitrogen and oxygen atoms in total. The van der Waals surface area contributed by atoms with Crippen LogP contribution in [0, 0.1) is 0 Å². The minimum Gasteiger partial charge on any atom is -0.323 e. The van der Waals surface area contributed by atoms with E-state index in [9.17, 15) is 0 Å². The number of halogens is 1. The van der Waals surface area contributed by atoms with Crippen molar-refractivity contribution in [3.05, 3.63) is 34.9 Å². The topological polar surface area (TPSA) is 43.3 Å². The molecule has 0 bridgehead atoms. The molecule has 0 spiro atoms. The number of hydrogen-bond acceptors (Lipinski definition) is 2. The second-order valence-corrected chi connectivity index (χ2v) is 4.87. The molecule has 1 aliphatic carbocycles. The van der Waals surface area contributed by atoms with Crippen LogP contribution >= 0.6 is 11.6 Å². The summed E-state index contributed by atoms with van der Waals surface area (Å²) in [5.74, 6) is 1.65. The molecule has 3 rings (SSSR count). The number of nitrogens with zero attached hydrogens (tertiary/aromatic N) is 2. The Balaban J connectivity index is 2.33. The number of nitrogens with two attached hydrogens (primary N) is 1. The molecule has 0 radical (unpaired) electrons. The van der Waals surface area contributed by atoms with Crippen LogP contribution in [0.3, 0.4) is 0 Å². The Morgan fingerprint density at radius 1 is 1.50 bits per heavy atom. The Hall–Kier alpha value is -1.06. The fourth-order valence-corrected chi connectivity index (χ4v) is 2.35. The molecule has 1 fully saturated rings. The molecule has 2 aromatic rings. The molecule has 0 aromatic carbocycles. The van der Waals surface area contributed by atoms with Gasteiger partial charge >= 0.3 is 0 Å². The molecular weight excluding hydrogens is 222 g/mol. The van der Waals surface area contributed by atoms with Crippen molar-refractivity contribution in [2.75, 3.05) is 0 Å². The van der Waals surface area contributed by atoms with E-state index in [0.29, 0.717) is 5.92 Å². The van der Waals surface area contributed by atoms with Crippen LogP contribution in [0.4, 0.5) is 0 Å². The summed E-state index contributed by atoms with van der Waals surface area (Å²) in [6.45, 7) is 1.96. The number of imidazole rings is 1. The van der Waals surface area contributed by atoms with Gasteiger partial charge in [-0.05, 0) is 31.9 Å². The lowest BCUT2D eigenvalue weighted by Crippen LogP contribution is -2.05. The minimum atomic E-state index is -0.0547. The largest absolute Gasteiger partial charge is 0.323 e. The summed E-state index contributed by atoms with van der Waals surface area (Å²) in [5.41, 5.74) is 7.94. The van der Waals surface area contributed by atoms with E-state index < -0.39 is 0 Å². The van der Waals surface area contributed by atoms with Gasteiger partial charge in [0.1, 0.15) is 11.0 Å². The smallest absolute Gasteiger partial charge is 0.117 e. The standard InChI is InChI=1S/C12H14ClN3/c1-7(14)11-9-3-2-4-10(13)16(9)12(15-11)8-5-6-8/h2-4,7-8H,5-6,14H2,1H3. The van der Waals surface area contributed by atoms with E-state index in [4.69, 9.17) is 17.3 Å². The van der Waals surface area contributed by atoms with Crippen molar-refractivity contribution in [1.29, 1.82) is 0 Å². The summed E-state index contributed by atoms with van der Waals surface area (Å²) in [6, 6.07) is 5.82. The summed E-state index contributed by atoms with van der Waals surface area (Å²) in [7, 11) is 0. The van der Waals surface area contributed by atoms with E-state index in [1.165, 1.54) is 12.8 Å². The van der Waals surface area contributed by atoms with Crippen LogP contribution in [0.15, 0.2) is 18.2 Å². The van der Waals surface area contributed by atoms with Crippen molar-refractivity contribution in [3.63, 3.8) is 0 Å². The van der Waals surface area contributed by atoms with E-state index in [0.717, 1.165) is 22.2 Å². The van der Waals surface area contributed by atoms with Gasteiger partial charge in [0.05, 0.1) is 11.2 Å². The zero-order valence-corrected chi connectivity index (χ0v) is 9.91. The first-order chi connectivity index (χ1) is 7.68. The van der Waals surface area contributed by atoms with E-state index in [1.54, 1.807) is 0 Å². The van der Waals surface area contributed by atoms with E-state index in [-0.39, 0.29) is 6.04 Å². The molecule has 0 saturated heterocycles. The van der Waals surface area contributed by atoms with Crippen molar-refractivity contribution in [3.8, 4) is 0 Å². The first-order valence-electron chi connectivity index (χ1n) is 5.61. The highest BCUT2D eigenvalue weighted by atomic mass is 35.5. The third kappa shape index (κ3) is 1.43. The van der Waals surface area contributed by atoms with Gasteiger partial charge < -0.3 is 5.73 Å². The molecule has 0 aliphatic heterocycles. The quantitative estimate of drug-likeness (QED) is 0.814. The summed E-state index contributed by atoms with van der Waals surface area (Å²) in [6.07, 6.45) is 2.42. The highest BCUT2D eigenvalue weighted by molar-refractivity contribution is 6.29. The third-order valence-electron chi connectivity index (χ3n) is 3.04. The summed E-state index contributed by atoms with van der Waals surface area (Å²) in [4.78, 5) is 4.67. The Bertz CT molecular complexity index is 540. The molecule has 1 saturated carbocycles. The van der Waals surface area contributed by atoms with Crippen LogP contribution in [0.1, 0.15) is 43.2 Å². The van der Waals surface area contributed by atoms with Crippen molar-refractivity contribution < 1.29 is 0 Å². The van der Waals surface area contributed by atoms with Crippen LogP contribution in [-0.2, 0) is 0 Å². The van der Waals surface area contributed by atoms with Crippen molar-refractivity contribution in [2.45, 2.75) is 31.7 Å². The predicted octanol–water partition coefficient (Wildman–Crippen LogP) is 2.88. The van der Waals surface area contributed by atoms with Crippen molar-refractivity contribution in [1.82, 2.24) is 9.38 Å². The van der Waals surface area contributed by atoms with Gasteiger partial charge in [-0.15, -0.1) is 0 Å². The highest BCUT2D eigenvalue weighted by Gasteiger charge is 2.30. The Kier molecular flexibility index (Phi) is 2.19. The van der Waals surface area contributed by atoms with Crippen LogP contribution < -0.4 is 5.73 Å². The third-order valence-corrected chi connectivity index (χ3v) is 3.34. The Morgan fingerprint density at radius 3 is 2.88 bits per heavy atom.